The topological polar surface area (TPSA) is 20.2 Å². The van der Waals surface area contributed by atoms with Crippen LogP contribution in [0.15, 0.2) is 0 Å². The molecule has 0 aliphatic rings. The third-order valence-electron chi connectivity index (χ3n) is 1.84. The monoisotopic (exact) mass is 184 g/mol. The van der Waals surface area contributed by atoms with E-state index in [1.807, 2.05) is 13.8 Å². The standard InChI is InChI=1S/C8H15F3O/c1-3-6(2)4-7(12)5-8(9,10)11/h6-7,12H,3-5H2,1-2H3/t6?,7-/m1/s1. The number of halogens is 3. The Bertz CT molecular complexity index is 122. The maximum atomic E-state index is 11.7. The van der Waals surface area contributed by atoms with E-state index < -0.39 is 18.7 Å². The van der Waals surface area contributed by atoms with Gasteiger partial charge in [-0.3, -0.25) is 0 Å². The Morgan fingerprint density at radius 2 is 1.83 bits per heavy atom. The van der Waals surface area contributed by atoms with Crippen LogP contribution in [0.4, 0.5) is 13.2 Å². The number of alkyl halides is 3. The van der Waals surface area contributed by atoms with Gasteiger partial charge in [0, 0.05) is 0 Å². The van der Waals surface area contributed by atoms with Gasteiger partial charge in [-0.05, 0) is 12.3 Å². The number of aliphatic hydroxyl groups is 1. The van der Waals surface area contributed by atoms with Crippen LogP contribution in [-0.4, -0.2) is 17.4 Å². The van der Waals surface area contributed by atoms with Gasteiger partial charge >= 0.3 is 6.18 Å². The van der Waals surface area contributed by atoms with E-state index >= 15 is 0 Å². The first-order valence-electron chi connectivity index (χ1n) is 4.10. The number of aliphatic hydroxyl groups excluding tert-OH is 1. The van der Waals surface area contributed by atoms with Gasteiger partial charge in [0.15, 0.2) is 0 Å². The van der Waals surface area contributed by atoms with Crippen molar-refractivity contribution in [1.82, 2.24) is 0 Å². The third-order valence-corrected chi connectivity index (χ3v) is 1.84. The third kappa shape index (κ3) is 6.46. The Hall–Kier alpha value is -0.250. The predicted octanol–water partition coefficient (Wildman–Crippen LogP) is 2.74. The van der Waals surface area contributed by atoms with Crippen molar-refractivity contribution in [3.63, 3.8) is 0 Å². The van der Waals surface area contributed by atoms with Gasteiger partial charge in [-0.2, -0.15) is 13.2 Å². The summed E-state index contributed by atoms with van der Waals surface area (Å²) in [6.07, 6.45) is -5.53. The normalized spacial score (nSPS) is 17.5. The SMILES string of the molecule is CCC(C)C[C@@H](O)CC(F)(F)F. The molecule has 0 amide bonds. The Morgan fingerprint density at radius 1 is 1.33 bits per heavy atom. The molecule has 0 rings (SSSR count). The van der Waals surface area contributed by atoms with Crippen LogP contribution in [0.25, 0.3) is 0 Å². The highest BCUT2D eigenvalue weighted by atomic mass is 19.4. The Balaban J connectivity index is 3.66. The molecule has 0 aromatic carbocycles. The number of rotatable bonds is 4. The van der Waals surface area contributed by atoms with Crippen molar-refractivity contribution in [2.75, 3.05) is 0 Å². The van der Waals surface area contributed by atoms with E-state index in [1.54, 1.807) is 0 Å². The van der Waals surface area contributed by atoms with Crippen molar-refractivity contribution in [3.8, 4) is 0 Å². The summed E-state index contributed by atoms with van der Waals surface area (Å²) >= 11 is 0. The summed E-state index contributed by atoms with van der Waals surface area (Å²) in [4.78, 5) is 0. The zero-order chi connectivity index (χ0) is 9.78. The van der Waals surface area contributed by atoms with E-state index in [1.165, 1.54) is 0 Å². The zero-order valence-corrected chi connectivity index (χ0v) is 7.36. The minimum atomic E-state index is -4.24. The second kappa shape index (κ2) is 4.70. The van der Waals surface area contributed by atoms with Gasteiger partial charge in [0.25, 0.3) is 0 Å². The summed E-state index contributed by atoms with van der Waals surface area (Å²) in [7, 11) is 0. The summed E-state index contributed by atoms with van der Waals surface area (Å²) in [5.41, 5.74) is 0. The van der Waals surface area contributed by atoms with Crippen molar-refractivity contribution in [3.05, 3.63) is 0 Å². The predicted molar refractivity (Wildman–Crippen MR) is 40.8 cm³/mol. The van der Waals surface area contributed by atoms with E-state index in [4.69, 9.17) is 5.11 Å². The minimum absolute atomic E-state index is 0.155. The molecule has 1 nitrogen and oxygen atoms in total. The highest BCUT2D eigenvalue weighted by Crippen LogP contribution is 2.24. The first-order valence-corrected chi connectivity index (χ1v) is 4.10. The molecule has 0 fully saturated rings. The molecule has 12 heavy (non-hydrogen) atoms. The summed E-state index contributed by atoms with van der Waals surface area (Å²) in [5.74, 6) is 0.155. The van der Waals surface area contributed by atoms with E-state index in [0.717, 1.165) is 6.42 Å². The number of hydrogen-bond donors (Lipinski definition) is 1. The van der Waals surface area contributed by atoms with Crippen LogP contribution in [0.1, 0.15) is 33.1 Å². The molecular formula is C8H15F3O. The molecule has 0 heterocycles. The summed E-state index contributed by atoms with van der Waals surface area (Å²) in [6.45, 7) is 3.73. The van der Waals surface area contributed by atoms with Crippen molar-refractivity contribution in [2.45, 2.75) is 45.4 Å². The zero-order valence-electron chi connectivity index (χ0n) is 7.36. The van der Waals surface area contributed by atoms with Gasteiger partial charge in [-0.25, -0.2) is 0 Å². The van der Waals surface area contributed by atoms with E-state index in [9.17, 15) is 13.2 Å². The van der Waals surface area contributed by atoms with Crippen molar-refractivity contribution in [2.24, 2.45) is 5.92 Å². The first-order chi connectivity index (χ1) is 5.35. The molecule has 0 saturated heterocycles. The van der Waals surface area contributed by atoms with Gasteiger partial charge in [0.2, 0.25) is 0 Å². The van der Waals surface area contributed by atoms with Gasteiger partial charge in [0.1, 0.15) is 0 Å². The largest absolute Gasteiger partial charge is 0.393 e. The summed E-state index contributed by atoms with van der Waals surface area (Å²) in [6, 6.07) is 0. The first kappa shape index (κ1) is 11.8. The molecule has 0 spiro atoms. The van der Waals surface area contributed by atoms with E-state index in [0.29, 0.717) is 0 Å². The molecule has 0 saturated carbocycles. The lowest BCUT2D eigenvalue weighted by atomic mass is 9.99. The summed E-state index contributed by atoms with van der Waals surface area (Å²) < 4.78 is 35.1. The molecule has 1 unspecified atom stereocenters. The van der Waals surface area contributed by atoms with Crippen LogP contribution >= 0.6 is 0 Å². The second-order valence-corrected chi connectivity index (χ2v) is 3.22. The lowest BCUT2D eigenvalue weighted by Gasteiger charge is -2.16. The maximum Gasteiger partial charge on any atom is 0.391 e. The van der Waals surface area contributed by atoms with Gasteiger partial charge in [0.05, 0.1) is 12.5 Å². The Labute approximate surface area is 70.6 Å². The molecule has 0 aliphatic carbocycles. The fraction of sp³-hybridized carbons (Fsp3) is 1.00. The molecule has 0 aliphatic heterocycles. The van der Waals surface area contributed by atoms with Crippen molar-refractivity contribution >= 4 is 0 Å². The molecule has 0 aromatic rings. The average Bonchev–Trinajstić information content (AvgIpc) is 1.82. The maximum absolute atomic E-state index is 11.7. The lowest BCUT2D eigenvalue weighted by Crippen LogP contribution is -2.21. The lowest BCUT2D eigenvalue weighted by molar-refractivity contribution is -0.155. The fourth-order valence-corrected chi connectivity index (χ4v) is 0.982. The molecule has 0 radical (unpaired) electrons. The van der Waals surface area contributed by atoms with Crippen LogP contribution < -0.4 is 0 Å². The Morgan fingerprint density at radius 3 is 2.17 bits per heavy atom. The minimum Gasteiger partial charge on any atom is -0.393 e. The molecule has 0 bridgehead atoms. The highest BCUT2D eigenvalue weighted by molar-refractivity contribution is 4.64. The number of hydrogen-bond acceptors (Lipinski definition) is 1. The van der Waals surface area contributed by atoms with Crippen LogP contribution in [0.3, 0.4) is 0 Å². The molecule has 0 aromatic heterocycles. The van der Waals surface area contributed by atoms with Gasteiger partial charge < -0.3 is 5.11 Å². The average molecular weight is 184 g/mol. The molecule has 1 N–H and O–H groups in total. The molecule has 4 heteroatoms. The molecule has 74 valence electrons. The summed E-state index contributed by atoms with van der Waals surface area (Å²) in [5, 5.41) is 8.97. The molecule has 2 atom stereocenters. The van der Waals surface area contributed by atoms with Gasteiger partial charge in [-0.15, -0.1) is 0 Å². The van der Waals surface area contributed by atoms with Crippen molar-refractivity contribution in [1.29, 1.82) is 0 Å². The highest BCUT2D eigenvalue weighted by Gasteiger charge is 2.31. The van der Waals surface area contributed by atoms with Crippen LogP contribution in [0, 0.1) is 5.92 Å². The van der Waals surface area contributed by atoms with Crippen LogP contribution in [0.5, 0.6) is 0 Å². The van der Waals surface area contributed by atoms with Crippen molar-refractivity contribution < 1.29 is 18.3 Å². The van der Waals surface area contributed by atoms with Crippen LogP contribution in [0.2, 0.25) is 0 Å². The quantitative estimate of drug-likeness (QED) is 0.712. The van der Waals surface area contributed by atoms with Gasteiger partial charge in [-0.1, -0.05) is 20.3 Å². The van der Waals surface area contributed by atoms with E-state index in [2.05, 4.69) is 0 Å². The van der Waals surface area contributed by atoms with Crippen LogP contribution in [-0.2, 0) is 0 Å². The fourth-order valence-electron chi connectivity index (χ4n) is 0.982. The van der Waals surface area contributed by atoms with E-state index in [-0.39, 0.29) is 12.3 Å². The second-order valence-electron chi connectivity index (χ2n) is 3.22. The Kier molecular flexibility index (Phi) is 4.60. The smallest absolute Gasteiger partial charge is 0.391 e. The molecular weight excluding hydrogens is 169 g/mol.